The van der Waals surface area contributed by atoms with Crippen molar-refractivity contribution < 1.29 is 24.2 Å². The number of aliphatic carboxylic acids is 1. The van der Waals surface area contributed by atoms with Gasteiger partial charge in [0.05, 0.1) is 11.1 Å². The van der Waals surface area contributed by atoms with Gasteiger partial charge in [0.25, 0.3) is 0 Å². The number of esters is 1. The van der Waals surface area contributed by atoms with Crippen LogP contribution >= 0.6 is 0 Å². The van der Waals surface area contributed by atoms with Crippen LogP contribution in [0, 0.1) is 0 Å². The monoisotopic (exact) mass is 538 g/mol. The van der Waals surface area contributed by atoms with Gasteiger partial charge in [0.15, 0.2) is 0 Å². The lowest BCUT2D eigenvalue weighted by molar-refractivity contribution is -0.150. The maximum atomic E-state index is 12.7. The van der Waals surface area contributed by atoms with Gasteiger partial charge in [-0.1, -0.05) is 64.7 Å². The van der Waals surface area contributed by atoms with Gasteiger partial charge in [-0.05, 0) is 79.6 Å². The molecule has 0 aliphatic rings. The van der Waals surface area contributed by atoms with Crippen molar-refractivity contribution in [2.75, 3.05) is 0 Å². The Morgan fingerprint density at radius 3 is 1.61 bits per heavy atom. The molecule has 0 aliphatic heterocycles. The lowest BCUT2D eigenvalue weighted by Crippen LogP contribution is -2.24. The third-order valence-corrected chi connectivity index (χ3v) is 6.97. The molecule has 7 heteroatoms. The molecule has 38 heavy (non-hydrogen) atoms. The van der Waals surface area contributed by atoms with Crippen LogP contribution in [0.1, 0.15) is 164 Å². The highest BCUT2D eigenvalue weighted by Gasteiger charge is 2.24. The van der Waals surface area contributed by atoms with Crippen LogP contribution in [-0.2, 0) is 19.1 Å². The molecule has 7 nitrogen and oxygen atoms in total. The summed E-state index contributed by atoms with van der Waals surface area (Å²) >= 11 is 0. The average Bonchev–Trinajstić information content (AvgIpc) is 2.84. The Labute approximate surface area is 233 Å². The van der Waals surface area contributed by atoms with E-state index in [-0.39, 0.29) is 24.3 Å². The van der Waals surface area contributed by atoms with Crippen LogP contribution in [0.3, 0.4) is 0 Å². The molecule has 0 saturated carbocycles. The highest BCUT2D eigenvalue weighted by atomic mass is 16.5. The Bertz CT molecular complexity index is 688. The first-order chi connectivity index (χ1) is 17.9. The standard InChI is InChI=1S/C31H58N2O5/c1-7-8-9-17-20-27(21-18-15-13-11-10-12-14-16-19-26(2)34)38-29(37)23-25-31(5,6)33-32-30(3,4)24-22-28(35)36/h27H,7-25H2,1-6H3,(H,35,36)/b33-32+. The molecule has 1 N–H and O–H groups in total. The summed E-state index contributed by atoms with van der Waals surface area (Å²) in [6, 6.07) is 0. The number of nitrogens with zero attached hydrogens (tertiary/aromatic N) is 2. The van der Waals surface area contributed by atoms with Gasteiger partial charge < -0.3 is 14.6 Å². The van der Waals surface area contributed by atoms with E-state index in [2.05, 4.69) is 17.2 Å². The van der Waals surface area contributed by atoms with Gasteiger partial charge in [-0.15, -0.1) is 0 Å². The van der Waals surface area contributed by atoms with Crippen LogP contribution in [0.15, 0.2) is 10.2 Å². The molecular weight excluding hydrogens is 480 g/mol. The molecule has 0 aromatic heterocycles. The normalized spacial score (nSPS) is 13.1. The molecule has 0 spiro atoms. The molecule has 0 bridgehead atoms. The molecule has 1 unspecified atom stereocenters. The fourth-order valence-corrected chi connectivity index (χ4v) is 4.30. The van der Waals surface area contributed by atoms with Crippen molar-refractivity contribution in [1.29, 1.82) is 0 Å². The minimum absolute atomic E-state index is 0.00868. The highest BCUT2D eigenvalue weighted by Crippen LogP contribution is 2.24. The smallest absolute Gasteiger partial charge is 0.306 e. The van der Waals surface area contributed by atoms with Gasteiger partial charge in [0.1, 0.15) is 11.9 Å². The number of hydrogen-bond acceptors (Lipinski definition) is 6. The average molecular weight is 539 g/mol. The Kier molecular flexibility index (Phi) is 20.1. The molecule has 0 radical (unpaired) electrons. The molecule has 0 aromatic carbocycles. The van der Waals surface area contributed by atoms with E-state index >= 15 is 0 Å². The molecule has 0 rings (SSSR count). The van der Waals surface area contributed by atoms with E-state index in [4.69, 9.17) is 9.84 Å². The SMILES string of the molecule is CCCCCCC(CCCCCCCCCCC(C)=O)OC(=O)CCC(C)(C)/N=N/C(C)(C)CCC(=O)O. The Balaban J connectivity index is 4.46. The van der Waals surface area contributed by atoms with Crippen LogP contribution in [0.2, 0.25) is 0 Å². The van der Waals surface area contributed by atoms with Gasteiger partial charge in [-0.2, -0.15) is 10.2 Å². The number of unbranched alkanes of at least 4 members (excludes halogenated alkanes) is 10. The summed E-state index contributed by atoms with van der Waals surface area (Å²) in [6.45, 7) is 11.5. The van der Waals surface area contributed by atoms with Crippen molar-refractivity contribution in [3.63, 3.8) is 0 Å². The summed E-state index contributed by atoms with van der Waals surface area (Å²) < 4.78 is 5.92. The fraction of sp³-hybridized carbons (Fsp3) is 0.903. The van der Waals surface area contributed by atoms with E-state index in [1.54, 1.807) is 6.92 Å². The van der Waals surface area contributed by atoms with E-state index in [0.29, 0.717) is 25.7 Å². The second-order valence-corrected chi connectivity index (χ2v) is 12.2. The van der Waals surface area contributed by atoms with Crippen LogP contribution in [-0.4, -0.2) is 40.0 Å². The van der Waals surface area contributed by atoms with E-state index in [0.717, 1.165) is 38.5 Å². The molecular formula is C31H58N2O5. The number of carboxylic acids is 1. The molecule has 0 aliphatic carbocycles. The second kappa shape index (κ2) is 21.1. The topological polar surface area (TPSA) is 105 Å². The molecule has 0 aromatic rings. The maximum absolute atomic E-state index is 12.7. The van der Waals surface area contributed by atoms with Crippen LogP contribution < -0.4 is 0 Å². The van der Waals surface area contributed by atoms with Crippen molar-refractivity contribution in [2.24, 2.45) is 10.2 Å². The van der Waals surface area contributed by atoms with Crippen LogP contribution in [0.4, 0.5) is 0 Å². The van der Waals surface area contributed by atoms with Crippen molar-refractivity contribution in [3.05, 3.63) is 0 Å². The van der Waals surface area contributed by atoms with Gasteiger partial charge in [0.2, 0.25) is 0 Å². The van der Waals surface area contributed by atoms with Crippen molar-refractivity contribution >= 4 is 17.7 Å². The molecule has 1 atom stereocenters. The zero-order chi connectivity index (χ0) is 28.9. The number of ketones is 1. The third-order valence-electron chi connectivity index (χ3n) is 6.97. The highest BCUT2D eigenvalue weighted by molar-refractivity contribution is 5.75. The minimum Gasteiger partial charge on any atom is -0.481 e. The summed E-state index contributed by atoms with van der Waals surface area (Å²) in [7, 11) is 0. The predicted octanol–water partition coefficient (Wildman–Crippen LogP) is 9.01. The zero-order valence-electron chi connectivity index (χ0n) is 25.5. The van der Waals surface area contributed by atoms with Gasteiger partial charge in [0, 0.05) is 19.3 Å². The number of azo groups is 1. The van der Waals surface area contributed by atoms with Gasteiger partial charge in [-0.25, -0.2) is 0 Å². The number of rotatable bonds is 25. The summed E-state index contributed by atoms with van der Waals surface area (Å²) in [4.78, 5) is 34.5. The Morgan fingerprint density at radius 1 is 0.684 bits per heavy atom. The summed E-state index contributed by atoms with van der Waals surface area (Å²) in [5, 5.41) is 17.7. The third kappa shape index (κ3) is 23.3. The molecule has 222 valence electrons. The summed E-state index contributed by atoms with van der Waals surface area (Å²) in [5.41, 5.74) is -1.06. The first kappa shape index (κ1) is 36.2. The predicted molar refractivity (Wildman–Crippen MR) is 155 cm³/mol. The van der Waals surface area contributed by atoms with E-state index in [1.807, 2.05) is 27.7 Å². The number of hydrogen-bond donors (Lipinski definition) is 1. The lowest BCUT2D eigenvalue weighted by Gasteiger charge is -2.23. The quantitative estimate of drug-likeness (QED) is 0.0709. The number of carboxylic acid groups (broad SMARTS) is 1. The molecule has 0 heterocycles. The lowest BCUT2D eigenvalue weighted by atomic mass is 9.98. The maximum Gasteiger partial charge on any atom is 0.306 e. The number of ether oxygens (including phenoxy) is 1. The number of carbonyl (C=O) groups excluding carboxylic acids is 2. The number of Topliss-reactive ketones (excluding diaryl/α,β-unsaturated/α-hetero) is 1. The Morgan fingerprint density at radius 2 is 1.13 bits per heavy atom. The van der Waals surface area contributed by atoms with Crippen molar-refractivity contribution in [3.8, 4) is 0 Å². The second-order valence-electron chi connectivity index (χ2n) is 12.2. The Hall–Kier alpha value is -1.79. The van der Waals surface area contributed by atoms with Crippen molar-refractivity contribution in [2.45, 2.75) is 181 Å². The summed E-state index contributed by atoms with van der Waals surface area (Å²) in [6.07, 6.45) is 17.9. The summed E-state index contributed by atoms with van der Waals surface area (Å²) in [5.74, 6) is -0.709. The number of carbonyl (C=O) groups is 3. The molecule has 0 saturated heterocycles. The fourth-order valence-electron chi connectivity index (χ4n) is 4.30. The van der Waals surface area contributed by atoms with Gasteiger partial charge >= 0.3 is 11.9 Å². The first-order valence-corrected chi connectivity index (χ1v) is 15.2. The van der Waals surface area contributed by atoms with E-state index in [9.17, 15) is 14.4 Å². The zero-order valence-corrected chi connectivity index (χ0v) is 25.5. The minimum atomic E-state index is -0.836. The largest absolute Gasteiger partial charge is 0.481 e. The van der Waals surface area contributed by atoms with Gasteiger partial charge in [-0.3, -0.25) is 9.59 Å². The van der Waals surface area contributed by atoms with E-state index in [1.165, 1.54) is 51.4 Å². The van der Waals surface area contributed by atoms with E-state index < -0.39 is 17.0 Å². The molecule has 0 amide bonds. The molecule has 0 fully saturated rings. The van der Waals surface area contributed by atoms with Crippen molar-refractivity contribution in [1.82, 2.24) is 0 Å². The van der Waals surface area contributed by atoms with Crippen LogP contribution in [0.25, 0.3) is 0 Å². The van der Waals surface area contributed by atoms with Crippen LogP contribution in [0.5, 0.6) is 0 Å². The first-order valence-electron chi connectivity index (χ1n) is 15.2.